The summed E-state index contributed by atoms with van der Waals surface area (Å²) in [5.41, 5.74) is -1.80. The van der Waals surface area contributed by atoms with E-state index in [0.29, 0.717) is 31.0 Å². The van der Waals surface area contributed by atoms with Crippen LogP contribution in [-0.4, -0.2) is 70.3 Å². The Morgan fingerprint density at radius 3 is 1.62 bits per heavy atom. The molecule has 0 saturated carbocycles. The molecular weight excluding hydrogens is 570 g/mol. The minimum atomic E-state index is -4.43. The molecule has 2 aromatic heterocycles. The van der Waals surface area contributed by atoms with Crippen LogP contribution in [0.15, 0.2) is 29.5 Å². The maximum absolute atomic E-state index is 12.4. The quantitative estimate of drug-likeness (QED) is 0.335. The molecule has 2 aliphatic heterocycles. The number of rotatable bonds is 1. The lowest BCUT2D eigenvalue weighted by atomic mass is 10.1. The van der Waals surface area contributed by atoms with Crippen molar-refractivity contribution in [2.24, 2.45) is 0 Å². The number of aromatic nitrogens is 4. The van der Waals surface area contributed by atoms with E-state index in [1.54, 1.807) is 0 Å². The molecule has 0 bridgehead atoms. The van der Waals surface area contributed by atoms with Crippen molar-refractivity contribution in [3.63, 3.8) is 0 Å². The van der Waals surface area contributed by atoms with Crippen LogP contribution in [0.25, 0.3) is 0 Å². The molecule has 4 rings (SSSR count). The summed E-state index contributed by atoms with van der Waals surface area (Å²) in [6.45, 7) is 12.1. The zero-order chi connectivity index (χ0) is 27.8. The molecule has 0 spiro atoms. The highest BCUT2D eigenvalue weighted by Crippen LogP contribution is 2.28. The lowest BCUT2D eigenvalue weighted by Gasteiger charge is -2.36. The first-order valence-electron chi connectivity index (χ1n) is 11.6. The third-order valence-electron chi connectivity index (χ3n) is 5.23. The average molecular weight is 601 g/mol. The van der Waals surface area contributed by atoms with Crippen molar-refractivity contribution in [1.29, 1.82) is 0 Å². The van der Waals surface area contributed by atoms with Crippen LogP contribution < -0.4 is 20.9 Å². The molecule has 0 amide bonds. The minimum absolute atomic E-state index is 0.144. The summed E-state index contributed by atoms with van der Waals surface area (Å²) < 4.78 is 72.7. The second-order valence-electron chi connectivity index (χ2n) is 9.00. The fourth-order valence-corrected chi connectivity index (χ4v) is 3.93. The highest BCUT2D eigenvalue weighted by atomic mass is 79.9. The molecule has 4 atom stereocenters. The molecular formula is C22H31BrF6N8. The molecule has 208 valence electrons. The Hall–Kier alpha value is -2.10. The van der Waals surface area contributed by atoms with E-state index < -0.39 is 23.6 Å². The summed E-state index contributed by atoms with van der Waals surface area (Å²) in [7, 11) is 0. The van der Waals surface area contributed by atoms with Crippen LogP contribution in [0.4, 0.5) is 32.2 Å². The Labute approximate surface area is 220 Å². The van der Waals surface area contributed by atoms with Gasteiger partial charge in [0.05, 0.1) is 18.0 Å². The first-order valence-corrected chi connectivity index (χ1v) is 12.4. The third-order valence-corrected chi connectivity index (χ3v) is 5.64. The summed E-state index contributed by atoms with van der Waals surface area (Å²) in [4.78, 5) is 15.9. The van der Waals surface area contributed by atoms with Gasteiger partial charge in [-0.15, -0.1) is 0 Å². The van der Waals surface area contributed by atoms with Gasteiger partial charge in [-0.2, -0.15) is 26.3 Å². The summed E-state index contributed by atoms with van der Waals surface area (Å²) in [5, 5.41) is 10.1. The molecule has 0 aromatic carbocycles. The molecule has 8 nitrogen and oxygen atoms in total. The van der Waals surface area contributed by atoms with E-state index in [9.17, 15) is 26.3 Å². The van der Waals surface area contributed by atoms with Gasteiger partial charge in [-0.3, -0.25) is 0 Å². The fourth-order valence-electron chi connectivity index (χ4n) is 3.72. The zero-order valence-electron chi connectivity index (χ0n) is 20.8. The van der Waals surface area contributed by atoms with Crippen molar-refractivity contribution in [2.75, 3.05) is 31.1 Å². The van der Waals surface area contributed by atoms with E-state index >= 15 is 0 Å². The molecule has 37 heavy (non-hydrogen) atoms. The average Bonchev–Trinajstić information content (AvgIpc) is 2.78. The number of alkyl halides is 6. The van der Waals surface area contributed by atoms with Gasteiger partial charge in [-0.25, -0.2) is 19.9 Å². The first-order chi connectivity index (χ1) is 17.1. The number of piperazine rings is 2. The van der Waals surface area contributed by atoms with E-state index in [-0.39, 0.29) is 16.8 Å². The Morgan fingerprint density at radius 2 is 1.24 bits per heavy atom. The lowest BCUT2D eigenvalue weighted by Crippen LogP contribution is -2.54. The van der Waals surface area contributed by atoms with Crippen molar-refractivity contribution >= 4 is 21.7 Å². The molecule has 0 radical (unpaired) electrons. The van der Waals surface area contributed by atoms with Crippen LogP contribution in [0.3, 0.4) is 0 Å². The van der Waals surface area contributed by atoms with Crippen molar-refractivity contribution in [3.05, 3.63) is 40.8 Å². The van der Waals surface area contributed by atoms with Crippen LogP contribution >= 0.6 is 15.9 Å². The monoisotopic (exact) mass is 600 g/mol. The van der Waals surface area contributed by atoms with Gasteiger partial charge in [-0.05, 0) is 43.6 Å². The molecule has 0 unspecified atom stereocenters. The molecule has 3 N–H and O–H groups in total. The predicted molar refractivity (Wildman–Crippen MR) is 131 cm³/mol. The molecule has 15 heteroatoms. The van der Waals surface area contributed by atoms with Crippen LogP contribution in [0.2, 0.25) is 0 Å². The highest BCUT2D eigenvalue weighted by Gasteiger charge is 2.33. The number of halogens is 7. The molecule has 2 saturated heterocycles. The molecule has 2 fully saturated rings. The molecule has 2 aliphatic rings. The smallest absolute Gasteiger partial charge is 0.352 e. The van der Waals surface area contributed by atoms with E-state index in [1.165, 1.54) is 6.20 Å². The third kappa shape index (κ3) is 11.0. The molecule has 2 aromatic rings. The second kappa shape index (κ2) is 13.6. The van der Waals surface area contributed by atoms with Gasteiger partial charge in [0.15, 0.2) is 10.4 Å². The Bertz CT molecular complexity index is 924. The van der Waals surface area contributed by atoms with Gasteiger partial charge in [0, 0.05) is 62.7 Å². The van der Waals surface area contributed by atoms with Crippen molar-refractivity contribution in [2.45, 2.75) is 64.2 Å². The Morgan fingerprint density at radius 1 is 0.730 bits per heavy atom. The second-order valence-corrected chi connectivity index (χ2v) is 9.71. The van der Waals surface area contributed by atoms with Crippen LogP contribution in [0, 0.1) is 0 Å². The number of nitrogens with one attached hydrogen (secondary N) is 3. The fraction of sp³-hybridized carbons (Fsp3) is 0.636. The van der Waals surface area contributed by atoms with Crippen molar-refractivity contribution in [1.82, 2.24) is 35.9 Å². The highest BCUT2D eigenvalue weighted by molar-refractivity contribution is 9.10. The van der Waals surface area contributed by atoms with Crippen LogP contribution in [0.1, 0.15) is 39.0 Å². The zero-order valence-corrected chi connectivity index (χ0v) is 22.4. The predicted octanol–water partition coefficient (Wildman–Crippen LogP) is 3.90. The van der Waals surface area contributed by atoms with E-state index in [2.05, 4.69) is 65.7 Å². The Balaban J connectivity index is 0.000000215. The topological polar surface area (TPSA) is 90.9 Å². The van der Waals surface area contributed by atoms with Crippen molar-refractivity contribution < 1.29 is 26.3 Å². The maximum atomic E-state index is 12.4. The summed E-state index contributed by atoms with van der Waals surface area (Å²) in [6, 6.07) is 1.85. The van der Waals surface area contributed by atoms with E-state index in [4.69, 9.17) is 0 Å². The Kier molecular flexibility index (Phi) is 11.5. The van der Waals surface area contributed by atoms with Gasteiger partial charge in [-0.1, -0.05) is 0 Å². The normalized spacial score (nSPS) is 24.4. The minimum Gasteiger partial charge on any atom is -0.352 e. The largest absolute Gasteiger partial charge is 0.434 e. The number of anilines is 1. The van der Waals surface area contributed by atoms with Crippen LogP contribution in [0.5, 0.6) is 0 Å². The van der Waals surface area contributed by atoms with Gasteiger partial charge in [0.25, 0.3) is 0 Å². The molecule has 0 aliphatic carbocycles. The SMILES string of the molecule is C[C@@H]1CN(c2cnc(C(F)(F)F)cn2)C[C@@H](C)N1.C[C@@H]1CNC[C@@H](C)N1.FC(F)(F)c1cnc(Br)nc1. The van der Waals surface area contributed by atoms with Gasteiger partial charge in [0.1, 0.15) is 5.82 Å². The maximum Gasteiger partial charge on any atom is 0.434 e. The lowest BCUT2D eigenvalue weighted by molar-refractivity contribution is -0.141. The first kappa shape index (κ1) is 31.1. The summed E-state index contributed by atoms with van der Waals surface area (Å²) in [6.07, 6.45) is -5.38. The van der Waals surface area contributed by atoms with Gasteiger partial charge >= 0.3 is 12.4 Å². The summed E-state index contributed by atoms with van der Waals surface area (Å²) in [5.74, 6) is 0.489. The number of hydrogen-bond donors (Lipinski definition) is 3. The van der Waals surface area contributed by atoms with Gasteiger partial charge < -0.3 is 20.9 Å². The van der Waals surface area contributed by atoms with Crippen molar-refractivity contribution in [3.8, 4) is 0 Å². The van der Waals surface area contributed by atoms with E-state index in [1.807, 2.05) is 18.7 Å². The van der Waals surface area contributed by atoms with E-state index in [0.717, 1.165) is 31.7 Å². The standard InChI is InChI=1S/C11H15F3N4.C6H14N2.C5H2BrF3N2/c1-7-5-18(6-8(2)17-7)10-4-15-9(3-16-10)11(12,13)14;1-5-3-7-4-6(2)8-5;6-4-10-1-3(2-11-4)5(7,8)9/h3-4,7-8,17H,5-6H2,1-2H3;5-8H,3-4H2,1-2H3;1-2H/t7-,8-;5-,6-;/m11./s1. The summed E-state index contributed by atoms with van der Waals surface area (Å²) >= 11 is 2.82. The van der Waals surface area contributed by atoms with Crippen LogP contribution in [-0.2, 0) is 12.4 Å². The number of hydrogen-bond acceptors (Lipinski definition) is 8. The number of nitrogens with zero attached hydrogens (tertiary/aromatic N) is 5. The molecule has 4 heterocycles. The van der Waals surface area contributed by atoms with Gasteiger partial charge in [0.2, 0.25) is 0 Å².